The van der Waals surface area contributed by atoms with Gasteiger partial charge in [0.1, 0.15) is 0 Å². The van der Waals surface area contributed by atoms with Crippen molar-refractivity contribution in [1.82, 2.24) is 14.5 Å². The van der Waals surface area contributed by atoms with Crippen LogP contribution in [0.1, 0.15) is 26.3 Å². The number of hydrogen-bond acceptors (Lipinski definition) is 4. The second-order valence-corrected chi connectivity index (χ2v) is 5.82. The topological polar surface area (TPSA) is 57.0 Å². The Kier molecular flexibility index (Phi) is 3.86. The quantitative estimate of drug-likeness (QED) is 0.694. The summed E-state index contributed by atoms with van der Waals surface area (Å²) in [6, 6.07) is 9.70. The molecule has 0 saturated heterocycles. The van der Waals surface area contributed by atoms with E-state index in [4.69, 9.17) is 4.74 Å². The van der Waals surface area contributed by atoms with E-state index in [0.717, 1.165) is 16.5 Å². The normalized spacial score (nSPS) is 11.6. The molecule has 0 saturated carbocycles. The molecule has 118 valence electrons. The highest BCUT2D eigenvalue weighted by atomic mass is 16.5. The Hall–Kier alpha value is -2.69. The number of para-hydroxylation sites is 1. The molecule has 5 nitrogen and oxygen atoms in total. The van der Waals surface area contributed by atoms with Gasteiger partial charge in [-0.2, -0.15) is 0 Å². The Labute approximate surface area is 134 Å². The lowest BCUT2D eigenvalue weighted by Crippen LogP contribution is -2.31. The Morgan fingerprint density at radius 3 is 2.57 bits per heavy atom. The number of benzene rings is 1. The molecule has 23 heavy (non-hydrogen) atoms. The predicted molar refractivity (Wildman–Crippen MR) is 88.5 cm³/mol. The Morgan fingerprint density at radius 2 is 1.87 bits per heavy atom. The van der Waals surface area contributed by atoms with Crippen LogP contribution in [0.3, 0.4) is 0 Å². The van der Waals surface area contributed by atoms with Crippen molar-refractivity contribution in [1.29, 1.82) is 0 Å². The van der Waals surface area contributed by atoms with Crippen LogP contribution in [0.4, 0.5) is 0 Å². The Bertz CT molecular complexity index is 838. The second kappa shape index (κ2) is 5.83. The van der Waals surface area contributed by atoms with Crippen molar-refractivity contribution in [2.75, 3.05) is 6.61 Å². The summed E-state index contributed by atoms with van der Waals surface area (Å²) >= 11 is 0. The minimum Gasteiger partial charge on any atom is -0.465 e. The number of hydrogen-bond donors (Lipinski definition) is 0. The van der Waals surface area contributed by atoms with Crippen LogP contribution in [-0.2, 0) is 14.9 Å². The number of esters is 1. The van der Waals surface area contributed by atoms with Crippen LogP contribution < -0.4 is 0 Å². The van der Waals surface area contributed by atoms with Gasteiger partial charge >= 0.3 is 5.97 Å². The predicted octanol–water partition coefficient (Wildman–Crippen LogP) is 3.26. The van der Waals surface area contributed by atoms with Crippen molar-refractivity contribution in [3.05, 3.63) is 54.5 Å². The molecule has 0 radical (unpaired) electrons. The van der Waals surface area contributed by atoms with E-state index in [2.05, 4.69) is 9.97 Å². The van der Waals surface area contributed by atoms with E-state index in [1.807, 2.05) is 55.8 Å². The molecule has 2 aromatic heterocycles. The van der Waals surface area contributed by atoms with Crippen LogP contribution in [0.15, 0.2) is 48.9 Å². The van der Waals surface area contributed by atoms with Gasteiger partial charge in [-0.3, -0.25) is 9.36 Å². The van der Waals surface area contributed by atoms with E-state index < -0.39 is 5.41 Å². The fourth-order valence-corrected chi connectivity index (χ4v) is 2.68. The molecular formula is C18H19N3O2. The molecule has 0 unspecified atom stereocenters. The molecule has 2 heterocycles. The van der Waals surface area contributed by atoms with E-state index >= 15 is 0 Å². The average molecular weight is 309 g/mol. The van der Waals surface area contributed by atoms with Crippen molar-refractivity contribution >= 4 is 16.9 Å². The summed E-state index contributed by atoms with van der Waals surface area (Å²) in [7, 11) is 0. The van der Waals surface area contributed by atoms with Gasteiger partial charge in [-0.1, -0.05) is 18.2 Å². The Morgan fingerprint density at radius 1 is 1.17 bits per heavy atom. The third-order valence-corrected chi connectivity index (χ3v) is 3.94. The maximum absolute atomic E-state index is 12.4. The highest BCUT2D eigenvalue weighted by Gasteiger charge is 2.34. The van der Waals surface area contributed by atoms with Gasteiger partial charge in [0, 0.05) is 24.0 Å². The van der Waals surface area contributed by atoms with Gasteiger partial charge in [0.15, 0.2) is 0 Å². The first kappa shape index (κ1) is 15.2. The number of aromatic nitrogens is 3. The van der Waals surface area contributed by atoms with Crippen LogP contribution in [-0.4, -0.2) is 27.1 Å². The fraction of sp³-hybridized carbons (Fsp3) is 0.278. The van der Waals surface area contributed by atoms with E-state index in [0.29, 0.717) is 12.6 Å². The van der Waals surface area contributed by atoms with Gasteiger partial charge in [0.2, 0.25) is 5.95 Å². The lowest BCUT2D eigenvalue weighted by atomic mass is 9.84. The van der Waals surface area contributed by atoms with E-state index in [1.165, 1.54) is 0 Å². The summed E-state index contributed by atoms with van der Waals surface area (Å²) in [6.07, 6.45) is 5.33. The monoisotopic (exact) mass is 309 g/mol. The molecule has 5 heteroatoms. The number of fused-ring (bicyclic) bond motifs is 1. The molecule has 3 rings (SSSR count). The van der Waals surface area contributed by atoms with Crippen molar-refractivity contribution in [2.45, 2.75) is 26.2 Å². The van der Waals surface area contributed by atoms with Crippen molar-refractivity contribution in [3.63, 3.8) is 0 Å². The van der Waals surface area contributed by atoms with Crippen molar-refractivity contribution < 1.29 is 9.53 Å². The SMILES string of the molecule is CCOC(=O)C(C)(C)c1cn(-c2ncccn2)c2ccccc12. The van der Waals surface area contributed by atoms with Gasteiger partial charge in [-0.25, -0.2) is 9.97 Å². The fourth-order valence-electron chi connectivity index (χ4n) is 2.68. The van der Waals surface area contributed by atoms with Crippen molar-refractivity contribution in [2.24, 2.45) is 0 Å². The van der Waals surface area contributed by atoms with E-state index in [-0.39, 0.29) is 5.97 Å². The molecule has 1 aromatic carbocycles. The summed E-state index contributed by atoms with van der Waals surface area (Å²) in [5, 5.41) is 0.998. The minimum atomic E-state index is -0.754. The van der Waals surface area contributed by atoms with Gasteiger partial charge in [-0.05, 0) is 38.5 Å². The molecule has 0 aliphatic rings. The molecule has 0 atom stereocenters. The summed E-state index contributed by atoms with van der Waals surface area (Å²) in [5.74, 6) is 0.339. The van der Waals surface area contributed by atoms with E-state index in [1.54, 1.807) is 18.5 Å². The molecule has 0 aliphatic carbocycles. The second-order valence-electron chi connectivity index (χ2n) is 5.82. The molecule has 0 amide bonds. The van der Waals surface area contributed by atoms with Gasteiger partial charge in [0.25, 0.3) is 0 Å². The molecule has 0 spiro atoms. The number of ether oxygens (including phenoxy) is 1. The third-order valence-electron chi connectivity index (χ3n) is 3.94. The number of nitrogens with zero attached hydrogens (tertiary/aromatic N) is 3. The van der Waals surface area contributed by atoms with Crippen molar-refractivity contribution in [3.8, 4) is 5.95 Å². The summed E-state index contributed by atoms with van der Waals surface area (Å²) < 4.78 is 7.15. The number of carbonyl (C=O) groups is 1. The minimum absolute atomic E-state index is 0.239. The lowest BCUT2D eigenvalue weighted by molar-refractivity contribution is -0.148. The summed E-state index contributed by atoms with van der Waals surface area (Å²) in [6.45, 7) is 5.93. The van der Waals surface area contributed by atoms with Gasteiger partial charge in [-0.15, -0.1) is 0 Å². The first-order valence-corrected chi connectivity index (χ1v) is 7.61. The number of carbonyl (C=O) groups excluding carboxylic acids is 1. The first-order chi connectivity index (χ1) is 11.1. The smallest absolute Gasteiger partial charge is 0.316 e. The van der Waals surface area contributed by atoms with Gasteiger partial charge < -0.3 is 4.74 Å². The first-order valence-electron chi connectivity index (χ1n) is 7.61. The van der Waals surface area contributed by atoms with Crippen LogP contribution in [0.25, 0.3) is 16.9 Å². The van der Waals surface area contributed by atoms with Gasteiger partial charge in [0.05, 0.1) is 17.5 Å². The zero-order chi connectivity index (χ0) is 16.4. The van der Waals surface area contributed by atoms with Crippen LogP contribution >= 0.6 is 0 Å². The molecule has 0 aliphatic heterocycles. The molecule has 0 fully saturated rings. The molecule has 0 bridgehead atoms. The molecule has 3 aromatic rings. The maximum atomic E-state index is 12.4. The van der Waals surface area contributed by atoms with E-state index in [9.17, 15) is 4.79 Å². The zero-order valence-corrected chi connectivity index (χ0v) is 13.5. The standard InChI is InChI=1S/C18H19N3O2/c1-4-23-16(22)18(2,3)14-12-21(17-19-10-7-11-20-17)15-9-6-5-8-13(14)15/h5-12H,4H2,1-3H3. The highest BCUT2D eigenvalue weighted by molar-refractivity contribution is 5.93. The van der Waals surface area contributed by atoms with Crippen LogP contribution in [0.5, 0.6) is 0 Å². The summed E-state index contributed by atoms with van der Waals surface area (Å²) in [5.41, 5.74) is 1.11. The third kappa shape index (κ3) is 2.59. The lowest BCUT2D eigenvalue weighted by Gasteiger charge is -2.21. The van der Waals surface area contributed by atoms with Crippen LogP contribution in [0, 0.1) is 0 Å². The average Bonchev–Trinajstić information content (AvgIpc) is 2.96. The largest absolute Gasteiger partial charge is 0.465 e. The highest BCUT2D eigenvalue weighted by Crippen LogP contribution is 2.34. The Balaban J connectivity index is 2.22. The number of rotatable bonds is 4. The molecular weight excluding hydrogens is 290 g/mol. The molecule has 0 N–H and O–H groups in total. The maximum Gasteiger partial charge on any atom is 0.316 e. The zero-order valence-electron chi connectivity index (χ0n) is 13.5. The summed E-state index contributed by atoms with van der Waals surface area (Å²) in [4.78, 5) is 21.0. The van der Waals surface area contributed by atoms with Crippen LogP contribution in [0.2, 0.25) is 0 Å².